The van der Waals surface area contributed by atoms with E-state index in [1.807, 2.05) is 30.3 Å². The maximum Gasteiger partial charge on any atom is 0.321 e. The van der Waals surface area contributed by atoms with E-state index in [-0.39, 0.29) is 30.3 Å². The summed E-state index contributed by atoms with van der Waals surface area (Å²) in [6, 6.07) is 9.01. The first-order chi connectivity index (χ1) is 11.5. The van der Waals surface area contributed by atoms with Crippen LogP contribution in [0.1, 0.15) is 12.8 Å². The first kappa shape index (κ1) is 17.8. The van der Waals surface area contributed by atoms with E-state index in [2.05, 4.69) is 10.6 Å². The Kier molecular flexibility index (Phi) is 6.17. The molecule has 0 radical (unpaired) electrons. The van der Waals surface area contributed by atoms with Crippen LogP contribution in [0.25, 0.3) is 0 Å². The molecule has 1 fully saturated rings. The van der Waals surface area contributed by atoms with E-state index in [1.165, 1.54) is 4.90 Å². The number of urea groups is 1. The van der Waals surface area contributed by atoms with Crippen molar-refractivity contribution in [3.8, 4) is 0 Å². The highest BCUT2D eigenvalue weighted by atomic mass is 16.2. The van der Waals surface area contributed by atoms with Crippen LogP contribution in [0.5, 0.6) is 0 Å². The molecule has 0 saturated carbocycles. The Balaban J connectivity index is 1.85. The summed E-state index contributed by atoms with van der Waals surface area (Å²) in [4.78, 5) is 39.1. The Hall–Kier alpha value is -2.57. The molecule has 1 aromatic rings. The van der Waals surface area contributed by atoms with Gasteiger partial charge in [-0.15, -0.1) is 0 Å². The van der Waals surface area contributed by atoms with E-state index in [0.29, 0.717) is 13.1 Å². The molecule has 4 amide bonds. The van der Waals surface area contributed by atoms with Gasteiger partial charge in [0.1, 0.15) is 0 Å². The van der Waals surface area contributed by atoms with Crippen LogP contribution in [0.2, 0.25) is 0 Å². The molecule has 1 saturated heterocycles. The standard InChI is InChI=1S/C17H24N4O3/c1-20(2)15(22)11-18-16(23)13-7-6-10-21(12-13)17(24)19-14-8-4-3-5-9-14/h3-5,8-9,13H,6-7,10-12H2,1-2H3,(H,18,23)(H,19,24)/t13-/m0/s1. The molecule has 1 aliphatic rings. The molecule has 24 heavy (non-hydrogen) atoms. The lowest BCUT2D eigenvalue weighted by Gasteiger charge is -2.32. The maximum atomic E-state index is 12.3. The van der Waals surface area contributed by atoms with Crippen LogP contribution < -0.4 is 10.6 Å². The van der Waals surface area contributed by atoms with Crippen molar-refractivity contribution in [1.29, 1.82) is 0 Å². The number of piperidine rings is 1. The molecule has 130 valence electrons. The van der Waals surface area contributed by atoms with Crippen molar-refractivity contribution >= 4 is 23.5 Å². The first-order valence-electron chi connectivity index (χ1n) is 8.06. The van der Waals surface area contributed by atoms with Gasteiger partial charge in [-0.05, 0) is 25.0 Å². The number of nitrogens with one attached hydrogen (secondary N) is 2. The third-order valence-electron chi connectivity index (χ3n) is 4.02. The molecule has 1 aliphatic heterocycles. The number of carbonyl (C=O) groups excluding carboxylic acids is 3. The fourth-order valence-electron chi connectivity index (χ4n) is 2.56. The number of likely N-dealkylation sites (N-methyl/N-ethyl adjacent to an activating group) is 1. The fourth-order valence-corrected chi connectivity index (χ4v) is 2.56. The number of rotatable bonds is 4. The molecule has 0 aromatic heterocycles. The summed E-state index contributed by atoms with van der Waals surface area (Å²) in [5.41, 5.74) is 0.727. The summed E-state index contributed by atoms with van der Waals surface area (Å²) in [7, 11) is 3.29. The van der Waals surface area contributed by atoms with Crippen LogP contribution in [0.4, 0.5) is 10.5 Å². The van der Waals surface area contributed by atoms with Crippen LogP contribution in [0.3, 0.4) is 0 Å². The summed E-state index contributed by atoms with van der Waals surface area (Å²) in [5, 5.41) is 5.48. The van der Waals surface area contributed by atoms with Crippen molar-refractivity contribution in [3.05, 3.63) is 30.3 Å². The number of anilines is 1. The Labute approximate surface area is 142 Å². The second-order valence-electron chi connectivity index (χ2n) is 6.09. The summed E-state index contributed by atoms with van der Waals surface area (Å²) in [6.45, 7) is 0.971. The summed E-state index contributed by atoms with van der Waals surface area (Å²) < 4.78 is 0. The summed E-state index contributed by atoms with van der Waals surface area (Å²) in [6.07, 6.45) is 1.49. The van der Waals surface area contributed by atoms with E-state index in [9.17, 15) is 14.4 Å². The Morgan fingerprint density at radius 2 is 1.92 bits per heavy atom. The molecule has 1 atom stereocenters. The average Bonchev–Trinajstić information content (AvgIpc) is 2.60. The summed E-state index contributed by atoms with van der Waals surface area (Å²) in [5.74, 6) is -0.615. The minimum absolute atomic E-state index is 0.0153. The maximum absolute atomic E-state index is 12.3. The first-order valence-corrected chi connectivity index (χ1v) is 8.06. The van der Waals surface area contributed by atoms with Gasteiger partial charge >= 0.3 is 6.03 Å². The van der Waals surface area contributed by atoms with Gasteiger partial charge in [0, 0.05) is 32.9 Å². The third kappa shape index (κ3) is 4.97. The van der Waals surface area contributed by atoms with Crippen molar-refractivity contribution in [2.24, 2.45) is 5.92 Å². The minimum Gasteiger partial charge on any atom is -0.347 e. The molecule has 2 rings (SSSR count). The van der Waals surface area contributed by atoms with Gasteiger partial charge in [0.05, 0.1) is 12.5 Å². The van der Waals surface area contributed by atoms with Crippen LogP contribution >= 0.6 is 0 Å². The van der Waals surface area contributed by atoms with Crippen molar-refractivity contribution in [1.82, 2.24) is 15.1 Å². The van der Waals surface area contributed by atoms with Gasteiger partial charge in [-0.25, -0.2) is 4.79 Å². The van der Waals surface area contributed by atoms with E-state index in [4.69, 9.17) is 0 Å². The Morgan fingerprint density at radius 3 is 2.58 bits per heavy atom. The molecule has 0 spiro atoms. The molecule has 7 heteroatoms. The van der Waals surface area contributed by atoms with Gasteiger partial charge in [0.2, 0.25) is 11.8 Å². The second kappa shape index (κ2) is 8.33. The highest BCUT2D eigenvalue weighted by Crippen LogP contribution is 2.18. The topological polar surface area (TPSA) is 81.8 Å². The van der Waals surface area contributed by atoms with Gasteiger partial charge in [-0.2, -0.15) is 0 Å². The molecule has 0 unspecified atom stereocenters. The number of carbonyl (C=O) groups is 3. The van der Waals surface area contributed by atoms with E-state index in [1.54, 1.807) is 19.0 Å². The lowest BCUT2D eigenvalue weighted by molar-refractivity contribution is -0.132. The van der Waals surface area contributed by atoms with Crippen LogP contribution in [-0.4, -0.2) is 61.4 Å². The van der Waals surface area contributed by atoms with Gasteiger partial charge in [0.25, 0.3) is 0 Å². The van der Waals surface area contributed by atoms with Crippen molar-refractivity contribution in [2.75, 3.05) is 39.0 Å². The summed E-state index contributed by atoms with van der Waals surface area (Å²) >= 11 is 0. The second-order valence-corrected chi connectivity index (χ2v) is 6.09. The van der Waals surface area contributed by atoms with Crippen LogP contribution in [-0.2, 0) is 9.59 Å². The number of hydrogen-bond donors (Lipinski definition) is 2. The highest BCUT2D eigenvalue weighted by Gasteiger charge is 2.28. The molecule has 0 bridgehead atoms. The van der Waals surface area contributed by atoms with E-state index < -0.39 is 0 Å². The molecular weight excluding hydrogens is 308 g/mol. The highest BCUT2D eigenvalue weighted by molar-refractivity contribution is 5.90. The zero-order valence-electron chi connectivity index (χ0n) is 14.1. The number of likely N-dealkylation sites (tertiary alicyclic amines) is 1. The number of para-hydroxylation sites is 1. The van der Waals surface area contributed by atoms with Gasteiger partial charge in [0.15, 0.2) is 0 Å². The number of amides is 4. The zero-order valence-corrected chi connectivity index (χ0v) is 14.1. The molecule has 0 aliphatic carbocycles. The zero-order chi connectivity index (χ0) is 17.5. The van der Waals surface area contributed by atoms with Crippen molar-refractivity contribution < 1.29 is 14.4 Å². The van der Waals surface area contributed by atoms with Crippen LogP contribution in [0, 0.1) is 5.92 Å². The Morgan fingerprint density at radius 1 is 1.21 bits per heavy atom. The molecular formula is C17H24N4O3. The smallest absolute Gasteiger partial charge is 0.321 e. The van der Waals surface area contributed by atoms with Crippen molar-refractivity contribution in [3.63, 3.8) is 0 Å². The lowest BCUT2D eigenvalue weighted by atomic mass is 9.97. The molecule has 7 nitrogen and oxygen atoms in total. The predicted molar refractivity (Wildman–Crippen MR) is 91.5 cm³/mol. The van der Waals surface area contributed by atoms with Gasteiger partial charge in [-0.1, -0.05) is 18.2 Å². The predicted octanol–water partition coefficient (Wildman–Crippen LogP) is 1.13. The lowest BCUT2D eigenvalue weighted by Crippen LogP contribution is -2.48. The van der Waals surface area contributed by atoms with E-state index in [0.717, 1.165) is 18.5 Å². The minimum atomic E-state index is -0.282. The van der Waals surface area contributed by atoms with Gasteiger partial charge in [-0.3, -0.25) is 9.59 Å². The van der Waals surface area contributed by atoms with Gasteiger partial charge < -0.3 is 20.4 Å². The normalized spacial score (nSPS) is 17.1. The SMILES string of the molecule is CN(C)C(=O)CNC(=O)[C@H]1CCCN(C(=O)Nc2ccccc2)C1. The van der Waals surface area contributed by atoms with Crippen molar-refractivity contribution in [2.45, 2.75) is 12.8 Å². The Bertz CT molecular complexity index is 589. The molecule has 1 heterocycles. The van der Waals surface area contributed by atoms with Crippen LogP contribution in [0.15, 0.2) is 30.3 Å². The quantitative estimate of drug-likeness (QED) is 0.867. The fraction of sp³-hybridized carbons (Fsp3) is 0.471. The monoisotopic (exact) mass is 332 g/mol. The largest absolute Gasteiger partial charge is 0.347 e. The molecule has 1 aromatic carbocycles. The molecule has 2 N–H and O–H groups in total. The van der Waals surface area contributed by atoms with E-state index >= 15 is 0 Å². The average molecular weight is 332 g/mol. The number of nitrogens with zero attached hydrogens (tertiary/aromatic N) is 2. The third-order valence-corrected chi connectivity index (χ3v) is 4.02. The number of hydrogen-bond acceptors (Lipinski definition) is 3. The number of benzene rings is 1.